The molecular formula is C18H27N3O4S. The van der Waals surface area contributed by atoms with Gasteiger partial charge in [-0.15, -0.1) is 0 Å². The Morgan fingerprint density at radius 1 is 1.54 bits per heavy atom. The van der Waals surface area contributed by atoms with Crippen LogP contribution in [0.25, 0.3) is 0 Å². The summed E-state index contributed by atoms with van der Waals surface area (Å²) >= 11 is 0. The van der Waals surface area contributed by atoms with Crippen molar-refractivity contribution in [2.75, 3.05) is 32.6 Å². The fraction of sp³-hybridized carbons (Fsp3) is 0.500. The highest BCUT2D eigenvalue weighted by molar-refractivity contribution is 7.94. The normalized spacial score (nSPS) is 19.6. The van der Waals surface area contributed by atoms with E-state index in [2.05, 4.69) is 28.7 Å². The smallest absolute Gasteiger partial charge is 0.201 e. The molecule has 7 nitrogen and oxygen atoms in total. The van der Waals surface area contributed by atoms with Crippen molar-refractivity contribution in [1.29, 1.82) is 0 Å². The molecule has 2 atom stereocenters. The Kier molecular flexibility index (Phi) is 6.80. The topological polar surface area (TPSA) is 91.2 Å². The van der Waals surface area contributed by atoms with E-state index in [1.54, 1.807) is 19.3 Å². The number of benzene rings is 1. The van der Waals surface area contributed by atoms with Gasteiger partial charge in [-0.1, -0.05) is 13.5 Å². The SMILES string of the molecule is C=CS(=O)(=O)c1cc(C(O)N=CC2CCCN2CC)c(OC)cc1NC. The van der Waals surface area contributed by atoms with E-state index in [1.807, 2.05) is 0 Å². The molecule has 0 spiro atoms. The van der Waals surface area contributed by atoms with Crippen molar-refractivity contribution in [3.8, 4) is 5.75 Å². The van der Waals surface area contributed by atoms with Crippen LogP contribution in [0.2, 0.25) is 0 Å². The van der Waals surface area contributed by atoms with E-state index in [-0.39, 0.29) is 10.9 Å². The number of ether oxygens (including phenoxy) is 1. The number of aliphatic hydroxyl groups excluding tert-OH is 1. The Bertz CT molecular complexity index is 777. The number of rotatable bonds is 8. The van der Waals surface area contributed by atoms with Crippen LogP contribution < -0.4 is 10.1 Å². The van der Waals surface area contributed by atoms with Crippen LogP contribution in [0.5, 0.6) is 5.75 Å². The molecular weight excluding hydrogens is 354 g/mol. The quantitative estimate of drug-likeness (QED) is 0.671. The number of likely N-dealkylation sites (tertiary alicyclic amines) is 1. The van der Waals surface area contributed by atoms with Crippen molar-refractivity contribution in [2.45, 2.75) is 36.9 Å². The molecule has 1 aliphatic heterocycles. The monoisotopic (exact) mass is 381 g/mol. The molecule has 8 heteroatoms. The highest BCUT2D eigenvalue weighted by Crippen LogP contribution is 2.35. The summed E-state index contributed by atoms with van der Waals surface area (Å²) in [6, 6.07) is 3.11. The van der Waals surface area contributed by atoms with Gasteiger partial charge in [0.15, 0.2) is 6.23 Å². The molecule has 0 radical (unpaired) electrons. The van der Waals surface area contributed by atoms with Crippen LogP contribution in [-0.4, -0.2) is 57.9 Å². The second-order valence-corrected chi connectivity index (χ2v) is 7.93. The number of aliphatic hydroxyl groups is 1. The van der Waals surface area contributed by atoms with Gasteiger partial charge >= 0.3 is 0 Å². The van der Waals surface area contributed by atoms with Gasteiger partial charge in [0.25, 0.3) is 0 Å². The maximum absolute atomic E-state index is 12.3. The Labute approximate surface area is 155 Å². The summed E-state index contributed by atoms with van der Waals surface area (Å²) in [6.07, 6.45) is 2.63. The van der Waals surface area contributed by atoms with Crippen LogP contribution in [0.15, 0.2) is 34.0 Å². The zero-order valence-electron chi connectivity index (χ0n) is 15.5. The number of hydrogen-bond donors (Lipinski definition) is 2. The summed E-state index contributed by atoms with van der Waals surface area (Å²) in [7, 11) is -0.611. The van der Waals surface area contributed by atoms with Crippen LogP contribution in [-0.2, 0) is 9.84 Å². The number of anilines is 1. The third kappa shape index (κ3) is 4.25. The molecule has 1 aromatic carbocycles. The molecule has 2 N–H and O–H groups in total. The van der Waals surface area contributed by atoms with E-state index in [0.29, 0.717) is 17.0 Å². The third-order valence-electron chi connectivity index (χ3n) is 4.63. The second-order valence-electron chi connectivity index (χ2n) is 6.06. The molecule has 0 saturated carbocycles. The Morgan fingerprint density at radius 2 is 2.27 bits per heavy atom. The first-order valence-electron chi connectivity index (χ1n) is 8.60. The maximum Gasteiger partial charge on any atom is 0.201 e. The molecule has 2 unspecified atom stereocenters. The van der Waals surface area contributed by atoms with Gasteiger partial charge in [0, 0.05) is 36.3 Å². The average Bonchev–Trinajstić information content (AvgIpc) is 3.12. The van der Waals surface area contributed by atoms with Crippen molar-refractivity contribution in [3.63, 3.8) is 0 Å². The Hall–Kier alpha value is -1.90. The standard InChI is InChI=1S/C18H27N3O4S/c1-5-21-9-7-8-13(21)12-20-18(22)14-10-17(26(23,24)6-2)15(19-3)11-16(14)25-4/h6,10-13,18-19,22H,2,5,7-9H2,1,3-4H3. The van der Waals surface area contributed by atoms with Crippen LogP contribution in [0.3, 0.4) is 0 Å². The molecule has 0 amide bonds. The largest absolute Gasteiger partial charge is 0.496 e. The lowest BCUT2D eigenvalue weighted by Crippen LogP contribution is -2.30. The van der Waals surface area contributed by atoms with E-state index in [1.165, 1.54) is 13.2 Å². The van der Waals surface area contributed by atoms with Gasteiger partial charge < -0.3 is 15.2 Å². The van der Waals surface area contributed by atoms with Gasteiger partial charge in [-0.2, -0.15) is 0 Å². The first kappa shape index (κ1) is 20.4. The number of hydrogen-bond acceptors (Lipinski definition) is 7. The van der Waals surface area contributed by atoms with Gasteiger partial charge in [-0.05, 0) is 32.0 Å². The van der Waals surface area contributed by atoms with Gasteiger partial charge in [0.1, 0.15) is 5.75 Å². The van der Waals surface area contributed by atoms with Crippen molar-refractivity contribution in [1.82, 2.24) is 4.90 Å². The van der Waals surface area contributed by atoms with Crippen LogP contribution >= 0.6 is 0 Å². The van der Waals surface area contributed by atoms with E-state index in [9.17, 15) is 13.5 Å². The summed E-state index contributed by atoms with van der Waals surface area (Å²) < 4.78 is 29.9. The van der Waals surface area contributed by atoms with E-state index < -0.39 is 16.1 Å². The van der Waals surface area contributed by atoms with Crippen LogP contribution in [0, 0.1) is 0 Å². The van der Waals surface area contributed by atoms with Crippen molar-refractivity contribution in [3.05, 3.63) is 29.7 Å². The molecule has 1 aliphatic rings. The zero-order chi connectivity index (χ0) is 19.3. The first-order valence-corrected chi connectivity index (χ1v) is 10.1. The molecule has 1 fully saturated rings. The van der Waals surface area contributed by atoms with Gasteiger partial charge in [0.05, 0.1) is 17.7 Å². The third-order valence-corrected chi connectivity index (χ3v) is 6.01. The highest BCUT2D eigenvalue weighted by atomic mass is 32.2. The zero-order valence-corrected chi connectivity index (χ0v) is 16.3. The summed E-state index contributed by atoms with van der Waals surface area (Å²) in [4.78, 5) is 6.56. The predicted octanol–water partition coefficient (Wildman–Crippen LogP) is 2.20. The Balaban J connectivity index is 2.40. The summed E-state index contributed by atoms with van der Waals surface area (Å²) in [6.45, 7) is 7.40. The summed E-state index contributed by atoms with van der Waals surface area (Å²) in [5.41, 5.74) is 0.666. The molecule has 144 valence electrons. The van der Waals surface area contributed by atoms with E-state index >= 15 is 0 Å². The lowest BCUT2D eigenvalue weighted by atomic mass is 10.1. The molecule has 2 rings (SSSR count). The summed E-state index contributed by atoms with van der Waals surface area (Å²) in [5, 5.41) is 14.3. The number of methoxy groups -OCH3 is 1. The molecule has 1 aromatic rings. The molecule has 0 aromatic heterocycles. The molecule has 0 aliphatic carbocycles. The predicted molar refractivity (Wildman–Crippen MR) is 104 cm³/mol. The van der Waals surface area contributed by atoms with Crippen LogP contribution in [0.1, 0.15) is 31.6 Å². The number of nitrogens with zero attached hydrogens (tertiary/aromatic N) is 2. The lowest BCUT2D eigenvalue weighted by molar-refractivity contribution is 0.183. The number of sulfone groups is 1. The first-order chi connectivity index (χ1) is 12.4. The van der Waals surface area contributed by atoms with Crippen molar-refractivity contribution in [2.24, 2.45) is 4.99 Å². The van der Waals surface area contributed by atoms with Gasteiger partial charge in [0.2, 0.25) is 9.84 Å². The fourth-order valence-corrected chi connectivity index (χ4v) is 4.09. The van der Waals surface area contributed by atoms with E-state index in [4.69, 9.17) is 4.74 Å². The van der Waals surface area contributed by atoms with Crippen molar-refractivity contribution >= 4 is 21.7 Å². The maximum atomic E-state index is 12.3. The number of nitrogens with one attached hydrogen (secondary N) is 1. The van der Waals surface area contributed by atoms with E-state index in [0.717, 1.165) is 31.3 Å². The van der Waals surface area contributed by atoms with Gasteiger partial charge in [-0.25, -0.2) is 8.42 Å². The second kappa shape index (κ2) is 8.66. The van der Waals surface area contributed by atoms with Crippen molar-refractivity contribution < 1.29 is 18.3 Å². The highest BCUT2D eigenvalue weighted by Gasteiger charge is 2.24. The fourth-order valence-electron chi connectivity index (χ4n) is 3.15. The summed E-state index contributed by atoms with van der Waals surface area (Å²) in [5.74, 6) is 0.362. The van der Waals surface area contributed by atoms with Crippen LogP contribution in [0.4, 0.5) is 5.69 Å². The molecule has 1 heterocycles. The van der Waals surface area contributed by atoms with Gasteiger partial charge in [-0.3, -0.25) is 9.89 Å². The average molecular weight is 381 g/mol. The minimum atomic E-state index is -3.69. The molecule has 1 saturated heterocycles. The molecule has 26 heavy (non-hydrogen) atoms. The molecule has 0 bridgehead atoms. The minimum Gasteiger partial charge on any atom is -0.496 e. The Morgan fingerprint density at radius 3 is 2.85 bits per heavy atom. The minimum absolute atomic E-state index is 0.0242. The number of aliphatic imine (C=N–C) groups is 1. The lowest BCUT2D eigenvalue weighted by Gasteiger charge is -2.20.